The van der Waals surface area contributed by atoms with Crippen LogP contribution in [-0.2, 0) is 4.74 Å². The molecule has 0 aromatic heterocycles. The minimum absolute atomic E-state index is 0.150. The molecular formula is C19H36N2O2. The van der Waals surface area contributed by atoms with Gasteiger partial charge in [0.15, 0.2) is 0 Å². The second-order valence-corrected chi connectivity index (χ2v) is 8.78. The van der Waals surface area contributed by atoms with Crippen molar-refractivity contribution in [1.29, 1.82) is 0 Å². The van der Waals surface area contributed by atoms with Gasteiger partial charge < -0.3 is 15.0 Å². The minimum Gasteiger partial charge on any atom is -0.381 e. The summed E-state index contributed by atoms with van der Waals surface area (Å²) in [6.45, 7) is 9.56. The van der Waals surface area contributed by atoms with Crippen LogP contribution in [0.3, 0.4) is 0 Å². The Hall–Kier alpha value is -0.770. The maximum atomic E-state index is 12.5. The third kappa shape index (κ3) is 6.33. The largest absolute Gasteiger partial charge is 0.381 e. The predicted octanol–water partition coefficient (Wildman–Crippen LogP) is 4.05. The number of hydrogen-bond acceptors (Lipinski definition) is 2. The molecule has 1 saturated heterocycles. The van der Waals surface area contributed by atoms with Gasteiger partial charge >= 0.3 is 6.03 Å². The number of nitrogens with one attached hydrogen (secondary N) is 1. The van der Waals surface area contributed by atoms with Crippen molar-refractivity contribution in [2.45, 2.75) is 71.8 Å². The van der Waals surface area contributed by atoms with Gasteiger partial charge in [-0.2, -0.15) is 0 Å². The van der Waals surface area contributed by atoms with Gasteiger partial charge in [-0.15, -0.1) is 0 Å². The summed E-state index contributed by atoms with van der Waals surface area (Å²) in [5, 5.41) is 3.18. The summed E-state index contributed by atoms with van der Waals surface area (Å²) in [5.74, 6) is 1.28. The highest BCUT2D eigenvalue weighted by molar-refractivity contribution is 5.74. The van der Waals surface area contributed by atoms with Crippen molar-refractivity contribution in [3.05, 3.63) is 0 Å². The standard InChI is InChI=1S/C19H36N2O2/c1-19(2,3)12-16-6-5-11-21(14-16)18(22)20-13-15-7-9-17(23-4)10-8-15/h15-17H,5-14H2,1-4H3,(H,20,22). The lowest BCUT2D eigenvalue weighted by molar-refractivity contribution is 0.0567. The van der Waals surface area contributed by atoms with Gasteiger partial charge in [0.2, 0.25) is 0 Å². The summed E-state index contributed by atoms with van der Waals surface area (Å²) in [6, 6.07) is 0.150. The smallest absolute Gasteiger partial charge is 0.317 e. The van der Waals surface area contributed by atoms with E-state index in [-0.39, 0.29) is 6.03 Å². The van der Waals surface area contributed by atoms with Crippen molar-refractivity contribution in [3.8, 4) is 0 Å². The summed E-state index contributed by atoms with van der Waals surface area (Å²) in [6.07, 6.45) is 8.66. The van der Waals surface area contributed by atoms with E-state index in [1.165, 1.54) is 25.7 Å². The molecule has 2 fully saturated rings. The van der Waals surface area contributed by atoms with Crippen LogP contribution in [0.25, 0.3) is 0 Å². The zero-order valence-electron chi connectivity index (χ0n) is 15.6. The normalized spacial score (nSPS) is 29.4. The second-order valence-electron chi connectivity index (χ2n) is 8.78. The van der Waals surface area contributed by atoms with Crippen molar-refractivity contribution in [2.75, 3.05) is 26.7 Å². The average molecular weight is 325 g/mol. The number of carbonyl (C=O) groups is 1. The highest BCUT2D eigenvalue weighted by Crippen LogP contribution is 2.30. The first kappa shape index (κ1) is 18.6. The zero-order chi connectivity index (χ0) is 16.9. The number of amides is 2. The molecule has 4 nitrogen and oxygen atoms in total. The molecule has 23 heavy (non-hydrogen) atoms. The fourth-order valence-electron chi connectivity index (χ4n) is 4.20. The number of likely N-dealkylation sites (tertiary alicyclic amines) is 1. The van der Waals surface area contributed by atoms with Gasteiger partial charge in [-0.05, 0) is 62.2 Å². The molecule has 1 N–H and O–H groups in total. The van der Waals surface area contributed by atoms with E-state index in [0.717, 1.165) is 38.9 Å². The molecule has 1 atom stereocenters. The molecule has 0 spiro atoms. The Kier molecular flexibility index (Phi) is 6.75. The van der Waals surface area contributed by atoms with Crippen LogP contribution < -0.4 is 5.32 Å². The SMILES string of the molecule is COC1CCC(CNC(=O)N2CCCC(CC(C)(C)C)C2)CC1. The number of piperidine rings is 1. The van der Waals surface area contributed by atoms with Gasteiger partial charge in [-0.3, -0.25) is 0 Å². The molecule has 4 heteroatoms. The summed E-state index contributed by atoms with van der Waals surface area (Å²) < 4.78 is 5.42. The number of urea groups is 1. The number of carbonyl (C=O) groups excluding carboxylic acids is 1. The Balaban J connectivity index is 1.71. The van der Waals surface area contributed by atoms with E-state index >= 15 is 0 Å². The zero-order valence-corrected chi connectivity index (χ0v) is 15.6. The van der Waals surface area contributed by atoms with Crippen LogP contribution in [-0.4, -0.2) is 43.8 Å². The molecule has 0 aromatic rings. The molecular weight excluding hydrogens is 288 g/mol. The fourth-order valence-corrected chi connectivity index (χ4v) is 4.20. The highest BCUT2D eigenvalue weighted by Gasteiger charge is 2.27. The van der Waals surface area contributed by atoms with Gasteiger partial charge in [-0.1, -0.05) is 20.8 Å². The molecule has 1 aliphatic heterocycles. The summed E-state index contributed by atoms with van der Waals surface area (Å²) in [5.41, 5.74) is 0.351. The van der Waals surface area contributed by atoms with Crippen LogP contribution in [0.1, 0.15) is 65.7 Å². The maximum absolute atomic E-state index is 12.5. The highest BCUT2D eigenvalue weighted by atomic mass is 16.5. The molecule has 0 aromatic carbocycles. The van der Waals surface area contributed by atoms with E-state index in [2.05, 4.69) is 26.1 Å². The summed E-state index contributed by atoms with van der Waals surface area (Å²) in [7, 11) is 1.80. The van der Waals surface area contributed by atoms with Crippen LogP contribution in [0, 0.1) is 17.3 Å². The maximum Gasteiger partial charge on any atom is 0.317 e. The Morgan fingerprint density at radius 2 is 1.83 bits per heavy atom. The van der Waals surface area contributed by atoms with E-state index in [1.807, 2.05) is 4.90 Å². The second kappa shape index (κ2) is 8.36. The molecule has 1 aliphatic carbocycles. The Morgan fingerprint density at radius 3 is 2.43 bits per heavy atom. The number of hydrogen-bond donors (Lipinski definition) is 1. The molecule has 2 aliphatic rings. The molecule has 0 bridgehead atoms. The number of rotatable bonds is 4. The molecule has 1 unspecified atom stereocenters. The first-order valence-corrected chi connectivity index (χ1v) is 9.43. The van der Waals surface area contributed by atoms with Gasteiger partial charge in [0.05, 0.1) is 6.10 Å². The van der Waals surface area contributed by atoms with E-state index in [0.29, 0.717) is 23.4 Å². The predicted molar refractivity (Wildman–Crippen MR) is 94.5 cm³/mol. The third-order valence-corrected chi connectivity index (χ3v) is 5.38. The topological polar surface area (TPSA) is 41.6 Å². The van der Waals surface area contributed by atoms with Gasteiger partial charge in [-0.25, -0.2) is 4.79 Å². The van der Waals surface area contributed by atoms with Gasteiger partial charge in [0.25, 0.3) is 0 Å². The van der Waals surface area contributed by atoms with E-state index in [9.17, 15) is 4.79 Å². The quantitative estimate of drug-likeness (QED) is 0.847. The molecule has 1 heterocycles. The Labute approximate surface area is 142 Å². The van der Waals surface area contributed by atoms with Crippen molar-refractivity contribution in [2.24, 2.45) is 17.3 Å². The summed E-state index contributed by atoms with van der Waals surface area (Å²) >= 11 is 0. The van der Waals surface area contributed by atoms with E-state index in [4.69, 9.17) is 4.74 Å². The Bertz CT molecular complexity index is 370. The van der Waals surface area contributed by atoms with Crippen LogP contribution in [0.5, 0.6) is 0 Å². The van der Waals surface area contributed by atoms with E-state index in [1.54, 1.807) is 7.11 Å². The number of methoxy groups -OCH3 is 1. The van der Waals surface area contributed by atoms with Crippen LogP contribution in [0.15, 0.2) is 0 Å². The molecule has 2 rings (SSSR count). The first-order valence-electron chi connectivity index (χ1n) is 9.43. The minimum atomic E-state index is 0.150. The third-order valence-electron chi connectivity index (χ3n) is 5.38. The molecule has 1 saturated carbocycles. The first-order chi connectivity index (χ1) is 10.9. The lowest BCUT2D eigenvalue weighted by atomic mass is 9.81. The fraction of sp³-hybridized carbons (Fsp3) is 0.947. The molecule has 2 amide bonds. The number of nitrogens with zero attached hydrogens (tertiary/aromatic N) is 1. The van der Waals surface area contributed by atoms with Crippen molar-refractivity contribution in [3.63, 3.8) is 0 Å². The molecule has 134 valence electrons. The Morgan fingerprint density at radius 1 is 1.13 bits per heavy atom. The van der Waals surface area contributed by atoms with Crippen LogP contribution in [0.4, 0.5) is 4.79 Å². The van der Waals surface area contributed by atoms with Gasteiger partial charge in [0.1, 0.15) is 0 Å². The van der Waals surface area contributed by atoms with Crippen molar-refractivity contribution >= 4 is 6.03 Å². The lowest BCUT2D eigenvalue weighted by Crippen LogP contribution is -2.47. The monoisotopic (exact) mass is 324 g/mol. The lowest BCUT2D eigenvalue weighted by Gasteiger charge is -2.36. The van der Waals surface area contributed by atoms with Crippen LogP contribution in [0.2, 0.25) is 0 Å². The molecule has 0 radical (unpaired) electrons. The average Bonchev–Trinajstić information content (AvgIpc) is 2.51. The van der Waals surface area contributed by atoms with Crippen molar-refractivity contribution in [1.82, 2.24) is 10.2 Å². The van der Waals surface area contributed by atoms with E-state index < -0.39 is 0 Å². The van der Waals surface area contributed by atoms with Gasteiger partial charge in [0, 0.05) is 26.7 Å². The van der Waals surface area contributed by atoms with Crippen LogP contribution >= 0.6 is 0 Å². The number of ether oxygens (including phenoxy) is 1. The summed E-state index contributed by atoms with van der Waals surface area (Å²) in [4.78, 5) is 14.5. The van der Waals surface area contributed by atoms with Crippen molar-refractivity contribution < 1.29 is 9.53 Å².